The number of hydrogen-bond donors (Lipinski definition) is 0. The molecule has 0 aliphatic rings. The molecule has 0 saturated heterocycles. The zero-order chi connectivity index (χ0) is 7.28. The van der Waals surface area contributed by atoms with Gasteiger partial charge in [-0.25, -0.2) is 5.11 Å². The van der Waals surface area contributed by atoms with E-state index >= 15 is 0 Å². The Bertz CT molecular complexity index is 88.9. The van der Waals surface area contributed by atoms with Crippen molar-refractivity contribution < 1.29 is 9.84 Å². The van der Waals surface area contributed by atoms with Crippen LogP contribution in [0.2, 0.25) is 0 Å². The van der Waals surface area contributed by atoms with Crippen LogP contribution in [0.5, 0.6) is 0 Å². The van der Waals surface area contributed by atoms with Gasteiger partial charge in [0.1, 0.15) is 0 Å². The molecule has 2 nitrogen and oxygen atoms in total. The van der Waals surface area contributed by atoms with Gasteiger partial charge < -0.3 is 4.74 Å². The highest BCUT2D eigenvalue weighted by molar-refractivity contribution is 4.87. The molecule has 2 heteroatoms. The van der Waals surface area contributed by atoms with Crippen LogP contribution in [0.4, 0.5) is 0 Å². The molecule has 0 spiro atoms. The molecule has 1 radical (unpaired) electrons. The summed E-state index contributed by atoms with van der Waals surface area (Å²) in [6.07, 6.45) is -0.352. The summed E-state index contributed by atoms with van der Waals surface area (Å²) in [5.74, 6) is 0. The van der Waals surface area contributed by atoms with E-state index < -0.39 is 6.29 Å². The van der Waals surface area contributed by atoms with Gasteiger partial charge in [-0.2, -0.15) is 0 Å². The predicted molar refractivity (Wildman–Crippen MR) is 35.5 cm³/mol. The van der Waals surface area contributed by atoms with E-state index in [0.717, 1.165) is 5.57 Å². The van der Waals surface area contributed by atoms with E-state index in [2.05, 4.69) is 6.58 Å². The highest BCUT2D eigenvalue weighted by atomic mass is 16.6. The van der Waals surface area contributed by atoms with Gasteiger partial charge in [-0.15, -0.1) is 0 Å². The van der Waals surface area contributed by atoms with Gasteiger partial charge in [0.25, 0.3) is 0 Å². The maximum Gasteiger partial charge on any atom is 0.191 e. The van der Waals surface area contributed by atoms with Crippen molar-refractivity contribution in [3.8, 4) is 0 Å². The molecular weight excluding hydrogens is 116 g/mol. The molecule has 0 fully saturated rings. The molecule has 0 aromatic carbocycles. The Kier molecular flexibility index (Phi) is 4.36. The summed E-state index contributed by atoms with van der Waals surface area (Å²) in [5, 5.41) is 10.5. The molecule has 0 aliphatic carbocycles. The minimum Gasteiger partial charge on any atom is -0.345 e. The molecule has 0 rings (SSSR count). The monoisotopic (exact) mass is 129 g/mol. The Labute approximate surface area is 56.1 Å². The average molecular weight is 129 g/mol. The van der Waals surface area contributed by atoms with E-state index in [1.54, 1.807) is 6.92 Å². The van der Waals surface area contributed by atoms with Crippen molar-refractivity contribution >= 4 is 0 Å². The molecule has 9 heavy (non-hydrogen) atoms. The minimum absolute atomic E-state index is 0.391. The Morgan fingerprint density at radius 1 is 1.78 bits per heavy atom. The SMILES string of the molecule is C=C(C)COC([O])CC. The van der Waals surface area contributed by atoms with Crippen molar-refractivity contribution in [1.82, 2.24) is 0 Å². The van der Waals surface area contributed by atoms with Crippen LogP contribution in [0.1, 0.15) is 20.3 Å². The second-order valence-electron chi connectivity index (χ2n) is 2.11. The first-order valence-corrected chi connectivity index (χ1v) is 3.08. The molecule has 0 aliphatic heterocycles. The lowest BCUT2D eigenvalue weighted by atomic mass is 10.4. The minimum atomic E-state index is -0.873. The van der Waals surface area contributed by atoms with E-state index in [1.807, 2.05) is 6.92 Å². The summed E-state index contributed by atoms with van der Waals surface area (Å²) < 4.78 is 4.80. The van der Waals surface area contributed by atoms with Crippen molar-refractivity contribution in [2.45, 2.75) is 26.6 Å². The maximum absolute atomic E-state index is 10.5. The van der Waals surface area contributed by atoms with E-state index in [4.69, 9.17) is 4.74 Å². The van der Waals surface area contributed by atoms with Crippen molar-refractivity contribution in [2.75, 3.05) is 6.61 Å². The van der Waals surface area contributed by atoms with E-state index in [9.17, 15) is 5.11 Å². The van der Waals surface area contributed by atoms with Crippen LogP contribution >= 0.6 is 0 Å². The van der Waals surface area contributed by atoms with Crippen LogP contribution in [-0.4, -0.2) is 12.9 Å². The van der Waals surface area contributed by atoms with Crippen LogP contribution in [0, 0.1) is 0 Å². The van der Waals surface area contributed by atoms with Gasteiger partial charge in [-0.1, -0.05) is 19.1 Å². The Balaban J connectivity index is 3.16. The smallest absolute Gasteiger partial charge is 0.191 e. The molecule has 0 aromatic rings. The summed E-state index contributed by atoms with van der Waals surface area (Å²) in [7, 11) is 0. The standard InChI is InChI=1S/C7H13O2/c1-4-7(8)9-5-6(2)3/h7H,2,4-5H2,1,3H3. The molecule has 0 bridgehead atoms. The van der Waals surface area contributed by atoms with Gasteiger partial charge in [-0.3, -0.25) is 0 Å². The fourth-order valence-corrected chi connectivity index (χ4v) is 0.353. The van der Waals surface area contributed by atoms with Crippen molar-refractivity contribution in [3.63, 3.8) is 0 Å². The zero-order valence-corrected chi connectivity index (χ0v) is 6.02. The van der Waals surface area contributed by atoms with Crippen molar-refractivity contribution in [1.29, 1.82) is 0 Å². The van der Waals surface area contributed by atoms with Crippen LogP contribution in [0.15, 0.2) is 12.2 Å². The van der Waals surface area contributed by atoms with Gasteiger partial charge in [0.05, 0.1) is 6.61 Å². The Morgan fingerprint density at radius 2 is 2.33 bits per heavy atom. The molecule has 0 saturated carbocycles. The average Bonchev–Trinajstić information content (AvgIpc) is 1.83. The van der Waals surface area contributed by atoms with E-state index in [1.165, 1.54) is 0 Å². The van der Waals surface area contributed by atoms with Gasteiger partial charge in [0.2, 0.25) is 0 Å². The fourth-order valence-electron chi connectivity index (χ4n) is 0.353. The summed E-state index contributed by atoms with van der Waals surface area (Å²) in [4.78, 5) is 0. The summed E-state index contributed by atoms with van der Waals surface area (Å²) in [6, 6.07) is 0. The number of hydrogen-bond acceptors (Lipinski definition) is 1. The first kappa shape index (κ1) is 8.66. The van der Waals surface area contributed by atoms with E-state index in [-0.39, 0.29) is 0 Å². The third-order valence-electron chi connectivity index (χ3n) is 0.849. The molecule has 0 heterocycles. The number of rotatable bonds is 4. The van der Waals surface area contributed by atoms with Crippen molar-refractivity contribution in [2.24, 2.45) is 0 Å². The first-order chi connectivity index (χ1) is 4.16. The van der Waals surface area contributed by atoms with Crippen LogP contribution < -0.4 is 0 Å². The van der Waals surface area contributed by atoms with Crippen LogP contribution in [0.3, 0.4) is 0 Å². The normalized spacial score (nSPS) is 13.2. The topological polar surface area (TPSA) is 29.1 Å². The third-order valence-corrected chi connectivity index (χ3v) is 0.849. The van der Waals surface area contributed by atoms with Crippen LogP contribution in [-0.2, 0) is 9.84 Å². The maximum atomic E-state index is 10.5. The molecule has 1 atom stereocenters. The first-order valence-electron chi connectivity index (χ1n) is 3.08. The van der Waals surface area contributed by atoms with Crippen molar-refractivity contribution in [3.05, 3.63) is 12.2 Å². The lowest BCUT2D eigenvalue weighted by molar-refractivity contribution is -0.133. The van der Waals surface area contributed by atoms with Gasteiger partial charge in [-0.05, 0) is 13.3 Å². The molecule has 53 valence electrons. The summed E-state index contributed by atoms with van der Waals surface area (Å²) >= 11 is 0. The van der Waals surface area contributed by atoms with Crippen LogP contribution in [0.25, 0.3) is 0 Å². The zero-order valence-electron chi connectivity index (χ0n) is 6.02. The lowest BCUT2D eigenvalue weighted by Crippen LogP contribution is -2.09. The highest BCUT2D eigenvalue weighted by Crippen LogP contribution is 1.96. The Morgan fingerprint density at radius 3 is 2.67 bits per heavy atom. The summed E-state index contributed by atoms with van der Waals surface area (Å²) in [5.41, 5.74) is 0.893. The molecular formula is C7H13O2. The third kappa shape index (κ3) is 5.53. The lowest BCUT2D eigenvalue weighted by Gasteiger charge is -2.05. The molecule has 0 aromatic heterocycles. The highest BCUT2D eigenvalue weighted by Gasteiger charge is 1.99. The predicted octanol–water partition coefficient (Wildman–Crippen LogP) is 1.75. The van der Waals surface area contributed by atoms with Gasteiger partial charge >= 0.3 is 0 Å². The fraction of sp³-hybridized carbons (Fsp3) is 0.714. The quantitative estimate of drug-likeness (QED) is 0.420. The van der Waals surface area contributed by atoms with Gasteiger partial charge in [0.15, 0.2) is 6.29 Å². The summed E-state index contributed by atoms with van der Waals surface area (Å²) in [6.45, 7) is 7.63. The second-order valence-corrected chi connectivity index (χ2v) is 2.11. The van der Waals surface area contributed by atoms with E-state index in [0.29, 0.717) is 13.0 Å². The molecule has 0 amide bonds. The second kappa shape index (κ2) is 4.53. The Hall–Kier alpha value is -0.340. The number of ether oxygens (including phenoxy) is 1. The molecule has 1 unspecified atom stereocenters. The van der Waals surface area contributed by atoms with Gasteiger partial charge in [0, 0.05) is 0 Å². The molecule has 0 N–H and O–H groups in total. The largest absolute Gasteiger partial charge is 0.345 e.